The van der Waals surface area contributed by atoms with Crippen LogP contribution in [-0.2, 0) is 22.6 Å². The first kappa shape index (κ1) is 16.5. The quantitative estimate of drug-likeness (QED) is 0.861. The van der Waals surface area contributed by atoms with Crippen LogP contribution >= 0.6 is 0 Å². The van der Waals surface area contributed by atoms with Crippen LogP contribution in [0.4, 0.5) is 0 Å². The summed E-state index contributed by atoms with van der Waals surface area (Å²) in [5.41, 5.74) is 2.01. The smallest absolute Gasteiger partial charge is 0.254 e. The number of benzene rings is 1. The number of nitrogens with one attached hydrogen (secondary N) is 2. The SMILES string of the molecule is O=C1CC[C@@H](CC(=O)N2CCc3c(nc(-c4ccccc4)[nH]c3=O)C2)N1. The highest BCUT2D eigenvalue weighted by Crippen LogP contribution is 2.20. The molecule has 0 saturated carbocycles. The number of carbonyl (C=O) groups is 2. The minimum Gasteiger partial charge on any atom is -0.353 e. The summed E-state index contributed by atoms with van der Waals surface area (Å²) in [4.78, 5) is 45.4. The molecule has 3 heterocycles. The predicted octanol–water partition coefficient (Wildman–Crippen LogP) is 0.990. The molecule has 2 aliphatic heterocycles. The lowest BCUT2D eigenvalue weighted by Crippen LogP contribution is -2.41. The monoisotopic (exact) mass is 352 g/mol. The van der Waals surface area contributed by atoms with Gasteiger partial charge in [-0.05, 0) is 12.8 Å². The third kappa shape index (κ3) is 3.24. The molecule has 7 heteroatoms. The number of carbonyl (C=O) groups excluding carboxylic acids is 2. The van der Waals surface area contributed by atoms with Crippen molar-refractivity contribution in [2.75, 3.05) is 6.54 Å². The zero-order valence-electron chi connectivity index (χ0n) is 14.3. The Kier molecular flexibility index (Phi) is 4.28. The molecule has 1 aromatic carbocycles. The van der Waals surface area contributed by atoms with Gasteiger partial charge in [0.2, 0.25) is 11.8 Å². The van der Waals surface area contributed by atoms with E-state index in [4.69, 9.17) is 0 Å². The second-order valence-corrected chi connectivity index (χ2v) is 6.78. The van der Waals surface area contributed by atoms with E-state index in [1.165, 1.54) is 0 Å². The number of nitrogens with zero attached hydrogens (tertiary/aromatic N) is 2. The molecule has 0 bridgehead atoms. The Bertz CT molecular complexity index is 907. The fraction of sp³-hybridized carbons (Fsp3) is 0.368. The van der Waals surface area contributed by atoms with Crippen molar-refractivity contribution in [3.63, 3.8) is 0 Å². The van der Waals surface area contributed by atoms with Gasteiger partial charge in [-0.3, -0.25) is 14.4 Å². The molecule has 1 fully saturated rings. The van der Waals surface area contributed by atoms with Crippen molar-refractivity contribution in [2.45, 2.75) is 38.3 Å². The predicted molar refractivity (Wildman–Crippen MR) is 95.2 cm³/mol. The Balaban J connectivity index is 1.54. The van der Waals surface area contributed by atoms with E-state index in [2.05, 4.69) is 15.3 Å². The van der Waals surface area contributed by atoms with Crippen molar-refractivity contribution in [3.05, 3.63) is 51.9 Å². The highest BCUT2D eigenvalue weighted by Gasteiger charge is 2.28. The summed E-state index contributed by atoms with van der Waals surface area (Å²) in [6.45, 7) is 0.834. The number of fused-ring (bicyclic) bond motifs is 1. The number of hydrogen-bond acceptors (Lipinski definition) is 4. The lowest BCUT2D eigenvalue weighted by atomic mass is 10.0. The van der Waals surface area contributed by atoms with Gasteiger partial charge in [0.15, 0.2) is 0 Å². The average Bonchev–Trinajstić information content (AvgIpc) is 3.06. The van der Waals surface area contributed by atoms with Crippen molar-refractivity contribution in [2.24, 2.45) is 0 Å². The minimum atomic E-state index is -0.135. The van der Waals surface area contributed by atoms with Gasteiger partial charge in [0, 0.05) is 36.6 Å². The van der Waals surface area contributed by atoms with Gasteiger partial charge in [-0.25, -0.2) is 4.98 Å². The lowest BCUT2D eigenvalue weighted by Gasteiger charge is -2.28. The summed E-state index contributed by atoms with van der Waals surface area (Å²) in [6.07, 6.45) is 1.98. The average molecular weight is 352 g/mol. The topological polar surface area (TPSA) is 95.2 Å². The molecule has 1 atom stereocenters. The van der Waals surface area contributed by atoms with Crippen LogP contribution in [-0.4, -0.2) is 39.3 Å². The summed E-state index contributed by atoms with van der Waals surface area (Å²) in [7, 11) is 0. The van der Waals surface area contributed by atoms with E-state index in [9.17, 15) is 14.4 Å². The number of H-pyrrole nitrogens is 1. The van der Waals surface area contributed by atoms with Gasteiger partial charge in [-0.2, -0.15) is 0 Å². The van der Waals surface area contributed by atoms with Crippen molar-refractivity contribution in [3.8, 4) is 11.4 Å². The van der Waals surface area contributed by atoms with Crippen LogP contribution in [0.25, 0.3) is 11.4 Å². The maximum atomic E-state index is 12.6. The fourth-order valence-corrected chi connectivity index (χ4v) is 3.56. The van der Waals surface area contributed by atoms with Crippen molar-refractivity contribution >= 4 is 11.8 Å². The number of aromatic nitrogens is 2. The number of rotatable bonds is 3. The second-order valence-electron chi connectivity index (χ2n) is 6.78. The molecule has 4 rings (SSSR count). The Morgan fingerprint density at radius 2 is 2.00 bits per heavy atom. The summed E-state index contributed by atoms with van der Waals surface area (Å²) in [5, 5.41) is 2.83. The Hall–Kier alpha value is -2.96. The van der Waals surface area contributed by atoms with Gasteiger partial charge < -0.3 is 15.2 Å². The first-order chi connectivity index (χ1) is 12.6. The zero-order valence-corrected chi connectivity index (χ0v) is 14.3. The standard InChI is InChI=1S/C19H20N4O3/c24-16-7-6-13(20-16)10-17(25)23-9-8-14-15(11-23)21-18(22-19(14)26)12-4-2-1-3-5-12/h1-5,13H,6-11H2,(H,20,24)(H,21,22,26)/t13-/m0/s1. The van der Waals surface area contributed by atoms with Crippen LogP contribution in [0, 0.1) is 0 Å². The maximum absolute atomic E-state index is 12.6. The van der Waals surface area contributed by atoms with Crippen LogP contribution in [0.2, 0.25) is 0 Å². The summed E-state index contributed by atoms with van der Waals surface area (Å²) >= 11 is 0. The molecule has 0 unspecified atom stereocenters. The third-order valence-electron chi connectivity index (χ3n) is 4.98. The van der Waals surface area contributed by atoms with Gasteiger partial charge >= 0.3 is 0 Å². The van der Waals surface area contributed by atoms with E-state index in [1.54, 1.807) is 4.90 Å². The third-order valence-corrected chi connectivity index (χ3v) is 4.98. The number of hydrogen-bond donors (Lipinski definition) is 2. The molecule has 2 aromatic rings. The van der Waals surface area contributed by atoms with Crippen LogP contribution in [0.1, 0.15) is 30.5 Å². The molecule has 134 valence electrons. The minimum absolute atomic E-state index is 0.00694. The molecular formula is C19H20N4O3. The molecule has 0 radical (unpaired) electrons. The van der Waals surface area contributed by atoms with Crippen molar-refractivity contribution in [1.82, 2.24) is 20.2 Å². The Morgan fingerprint density at radius 3 is 2.73 bits per heavy atom. The molecule has 1 aromatic heterocycles. The first-order valence-electron chi connectivity index (χ1n) is 8.85. The fourth-order valence-electron chi connectivity index (χ4n) is 3.56. The molecule has 7 nitrogen and oxygen atoms in total. The van der Waals surface area contributed by atoms with Gasteiger partial charge in [-0.15, -0.1) is 0 Å². The molecule has 2 N–H and O–H groups in total. The molecular weight excluding hydrogens is 332 g/mol. The Morgan fingerprint density at radius 1 is 1.19 bits per heavy atom. The largest absolute Gasteiger partial charge is 0.353 e. The van der Waals surface area contributed by atoms with E-state index in [1.807, 2.05) is 30.3 Å². The van der Waals surface area contributed by atoms with E-state index in [0.717, 1.165) is 5.56 Å². The normalized spacial score (nSPS) is 19.2. The van der Waals surface area contributed by atoms with Gasteiger partial charge in [0.1, 0.15) is 5.82 Å². The molecule has 2 amide bonds. The van der Waals surface area contributed by atoms with Crippen LogP contribution < -0.4 is 10.9 Å². The summed E-state index contributed by atoms with van der Waals surface area (Å²) < 4.78 is 0. The van der Waals surface area contributed by atoms with Gasteiger partial charge in [0.05, 0.1) is 12.2 Å². The van der Waals surface area contributed by atoms with Crippen molar-refractivity contribution in [1.29, 1.82) is 0 Å². The number of amides is 2. The van der Waals surface area contributed by atoms with Gasteiger partial charge in [-0.1, -0.05) is 30.3 Å². The Labute approximate surface area is 150 Å². The zero-order chi connectivity index (χ0) is 18.1. The summed E-state index contributed by atoms with van der Waals surface area (Å²) in [6, 6.07) is 9.38. The highest BCUT2D eigenvalue weighted by atomic mass is 16.2. The van der Waals surface area contributed by atoms with Crippen LogP contribution in [0.15, 0.2) is 35.1 Å². The molecule has 0 aliphatic carbocycles. The molecule has 0 spiro atoms. The van der Waals surface area contributed by atoms with Crippen molar-refractivity contribution < 1.29 is 9.59 Å². The second kappa shape index (κ2) is 6.74. The highest BCUT2D eigenvalue weighted by molar-refractivity contribution is 5.82. The van der Waals surface area contributed by atoms with E-state index < -0.39 is 0 Å². The van der Waals surface area contributed by atoms with E-state index >= 15 is 0 Å². The number of aromatic amines is 1. The first-order valence-corrected chi connectivity index (χ1v) is 8.85. The molecule has 2 aliphatic rings. The van der Waals surface area contributed by atoms with Crippen LogP contribution in [0.3, 0.4) is 0 Å². The maximum Gasteiger partial charge on any atom is 0.254 e. The van der Waals surface area contributed by atoms with Crippen LogP contribution in [0.5, 0.6) is 0 Å². The van der Waals surface area contributed by atoms with E-state index in [-0.39, 0.29) is 23.4 Å². The van der Waals surface area contributed by atoms with Gasteiger partial charge in [0.25, 0.3) is 5.56 Å². The summed E-state index contributed by atoms with van der Waals surface area (Å²) in [5.74, 6) is 0.519. The lowest BCUT2D eigenvalue weighted by molar-refractivity contribution is -0.132. The molecule has 26 heavy (non-hydrogen) atoms. The molecule has 1 saturated heterocycles. The van der Waals surface area contributed by atoms with E-state index in [0.29, 0.717) is 55.9 Å².